The van der Waals surface area contributed by atoms with Crippen molar-refractivity contribution in [1.29, 1.82) is 0 Å². The summed E-state index contributed by atoms with van der Waals surface area (Å²) in [6.07, 6.45) is 1.99. The molecule has 14 heavy (non-hydrogen) atoms. The van der Waals surface area contributed by atoms with Gasteiger partial charge in [0.2, 0.25) is 0 Å². The van der Waals surface area contributed by atoms with E-state index in [0.29, 0.717) is 6.42 Å². The second-order valence-corrected chi connectivity index (χ2v) is 4.70. The molecule has 1 N–H and O–H groups in total. The van der Waals surface area contributed by atoms with Crippen molar-refractivity contribution in [2.75, 3.05) is 0 Å². The maximum absolute atomic E-state index is 11.0. The van der Waals surface area contributed by atoms with Crippen LogP contribution in [0.1, 0.15) is 24.4 Å². The van der Waals surface area contributed by atoms with E-state index in [1.165, 1.54) is 0 Å². The first-order chi connectivity index (χ1) is 6.46. The third-order valence-electron chi connectivity index (χ3n) is 2.11. The Bertz CT molecular complexity index is 414. The molecule has 0 saturated carbocycles. The summed E-state index contributed by atoms with van der Waals surface area (Å²) in [5.41, 5.74) is 0.803. The average Bonchev–Trinajstić information content (AvgIpc) is 2.07. The number of hydrogen-bond donors (Lipinski definition) is 1. The molecule has 0 saturated heterocycles. The monoisotopic (exact) mass is 216 g/mol. The van der Waals surface area contributed by atoms with Crippen LogP contribution in [0.25, 0.3) is 0 Å². The van der Waals surface area contributed by atoms with Gasteiger partial charge in [-0.05, 0) is 0 Å². The number of rotatable bonds is 3. The summed E-state index contributed by atoms with van der Waals surface area (Å²) in [4.78, 5) is 0. The van der Waals surface area contributed by atoms with Crippen molar-refractivity contribution in [2.45, 2.75) is 25.6 Å². The number of pyridine rings is 1. The highest BCUT2D eigenvalue weighted by molar-refractivity contribution is 7.85. The average molecular weight is 216 g/mol. The molecule has 0 aromatic carbocycles. The minimum atomic E-state index is -4.03. The molecule has 0 fully saturated rings. The molecule has 4 nitrogen and oxygen atoms in total. The maximum atomic E-state index is 11.0. The van der Waals surface area contributed by atoms with Gasteiger partial charge in [-0.15, -0.1) is 0 Å². The molecule has 1 rings (SSSR count). The number of aryl methyl sites for hydroxylation is 1. The topological polar surface area (TPSA) is 58.2 Å². The van der Waals surface area contributed by atoms with E-state index in [1.54, 1.807) is 36.7 Å². The summed E-state index contributed by atoms with van der Waals surface area (Å²) in [7, 11) is -4.03. The van der Waals surface area contributed by atoms with Crippen molar-refractivity contribution < 1.29 is 17.5 Å². The molecular weight excluding hydrogens is 202 g/mol. The lowest BCUT2D eigenvalue weighted by atomic mass is 10.3. The summed E-state index contributed by atoms with van der Waals surface area (Å²) < 4.78 is 32.7. The first-order valence-electron chi connectivity index (χ1n) is 4.40. The lowest BCUT2D eigenvalue weighted by Crippen LogP contribution is -2.45. The Morgan fingerprint density at radius 1 is 1.50 bits per heavy atom. The molecule has 0 amide bonds. The lowest BCUT2D eigenvalue weighted by Gasteiger charge is -2.08. The summed E-state index contributed by atoms with van der Waals surface area (Å²) in [6.45, 7) is 3.52. The zero-order valence-corrected chi connectivity index (χ0v) is 9.03. The van der Waals surface area contributed by atoms with Crippen LogP contribution in [-0.2, 0) is 10.1 Å². The molecule has 1 aromatic heterocycles. The lowest BCUT2D eigenvalue weighted by molar-refractivity contribution is -0.708. The van der Waals surface area contributed by atoms with Gasteiger partial charge in [-0.2, -0.15) is 13.0 Å². The van der Waals surface area contributed by atoms with Crippen LogP contribution in [0.2, 0.25) is 0 Å². The largest absolute Gasteiger partial charge is 0.329 e. The molecule has 0 bridgehead atoms. The molecular formula is C9H14NO3S+. The zero-order chi connectivity index (χ0) is 10.8. The number of nitrogens with zero attached hydrogens (tertiary/aromatic N) is 1. The molecule has 78 valence electrons. The van der Waals surface area contributed by atoms with Gasteiger partial charge in [-0.3, -0.25) is 4.55 Å². The molecule has 0 radical (unpaired) electrons. The minimum Gasteiger partial charge on any atom is -0.280 e. The molecule has 0 spiro atoms. The van der Waals surface area contributed by atoms with Gasteiger partial charge in [-0.25, -0.2) is 0 Å². The quantitative estimate of drug-likeness (QED) is 0.607. The molecule has 1 heterocycles. The molecule has 0 aliphatic rings. The highest BCUT2D eigenvalue weighted by Crippen LogP contribution is 2.10. The Morgan fingerprint density at radius 2 is 2.14 bits per heavy atom. The molecule has 5 heteroatoms. The van der Waals surface area contributed by atoms with E-state index < -0.39 is 15.5 Å². The fraction of sp³-hybridized carbons (Fsp3) is 0.444. The van der Waals surface area contributed by atoms with Crippen LogP contribution in [-0.4, -0.2) is 13.0 Å². The normalized spacial score (nSPS) is 13.9. The van der Waals surface area contributed by atoms with Gasteiger partial charge in [-0.1, -0.05) is 13.0 Å². The molecule has 1 atom stereocenters. The Morgan fingerprint density at radius 3 is 2.57 bits per heavy atom. The highest BCUT2D eigenvalue weighted by atomic mass is 32.2. The Hall–Kier alpha value is -0.940. The van der Waals surface area contributed by atoms with Gasteiger partial charge in [0, 0.05) is 25.5 Å². The molecule has 0 aliphatic carbocycles. The number of aromatic nitrogens is 1. The molecule has 1 unspecified atom stereocenters. The van der Waals surface area contributed by atoms with Crippen molar-refractivity contribution in [3.05, 3.63) is 30.1 Å². The van der Waals surface area contributed by atoms with E-state index in [9.17, 15) is 8.42 Å². The van der Waals surface area contributed by atoms with Gasteiger partial charge in [0.05, 0.1) is 0 Å². The van der Waals surface area contributed by atoms with E-state index >= 15 is 0 Å². The highest BCUT2D eigenvalue weighted by Gasteiger charge is 2.31. The van der Waals surface area contributed by atoms with E-state index in [4.69, 9.17) is 4.55 Å². The fourth-order valence-corrected chi connectivity index (χ4v) is 2.36. The van der Waals surface area contributed by atoms with E-state index in [0.717, 1.165) is 5.69 Å². The maximum Gasteiger partial charge on any atom is 0.329 e. The van der Waals surface area contributed by atoms with Gasteiger partial charge in [0.1, 0.15) is 0 Å². The minimum absolute atomic E-state index is 0.342. The summed E-state index contributed by atoms with van der Waals surface area (Å²) in [5.74, 6) is 0. The predicted molar refractivity (Wildman–Crippen MR) is 52.3 cm³/mol. The van der Waals surface area contributed by atoms with Gasteiger partial charge in [0.25, 0.3) is 5.37 Å². The van der Waals surface area contributed by atoms with Crippen LogP contribution < -0.4 is 4.57 Å². The third kappa shape index (κ3) is 2.30. The SMILES string of the molecule is CCC([n+]1ccccc1C)S(=O)(=O)O. The number of hydrogen-bond acceptors (Lipinski definition) is 2. The Balaban J connectivity index is 3.21. The second kappa shape index (κ2) is 4.06. The van der Waals surface area contributed by atoms with Crippen LogP contribution in [0.5, 0.6) is 0 Å². The summed E-state index contributed by atoms with van der Waals surface area (Å²) >= 11 is 0. The Kier molecular flexibility index (Phi) is 3.23. The first-order valence-corrected chi connectivity index (χ1v) is 5.90. The van der Waals surface area contributed by atoms with Gasteiger partial charge in [0.15, 0.2) is 11.9 Å². The van der Waals surface area contributed by atoms with Crippen molar-refractivity contribution in [1.82, 2.24) is 0 Å². The van der Waals surface area contributed by atoms with Crippen molar-refractivity contribution in [3.63, 3.8) is 0 Å². The standard InChI is InChI=1S/C9H13NO3S/c1-3-9(14(11,12)13)10-7-5-4-6-8(10)2/h4-7,9H,3H2,1-2H3/p+1. The van der Waals surface area contributed by atoms with E-state index in [1.807, 2.05) is 6.07 Å². The summed E-state index contributed by atoms with van der Waals surface area (Å²) in [5, 5.41) is -0.885. The van der Waals surface area contributed by atoms with E-state index in [2.05, 4.69) is 0 Å². The smallest absolute Gasteiger partial charge is 0.280 e. The second-order valence-electron chi connectivity index (χ2n) is 3.13. The zero-order valence-electron chi connectivity index (χ0n) is 8.21. The van der Waals surface area contributed by atoms with Crippen LogP contribution in [0, 0.1) is 6.92 Å². The van der Waals surface area contributed by atoms with Crippen molar-refractivity contribution in [2.24, 2.45) is 0 Å². The van der Waals surface area contributed by atoms with Gasteiger partial charge >= 0.3 is 10.1 Å². The third-order valence-corrected chi connectivity index (χ3v) is 3.35. The fourth-order valence-electron chi connectivity index (χ4n) is 1.41. The molecule has 1 aromatic rings. The van der Waals surface area contributed by atoms with Crippen molar-refractivity contribution >= 4 is 10.1 Å². The predicted octanol–water partition coefficient (Wildman–Crippen LogP) is 1.08. The van der Waals surface area contributed by atoms with Crippen LogP contribution in [0.15, 0.2) is 24.4 Å². The van der Waals surface area contributed by atoms with Crippen LogP contribution in [0.4, 0.5) is 0 Å². The summed E-state index contributed by atoms with van der Waals surface area (Å²) in [6, 6.07) is 5.36. The van der Waals surface area contributed by atoms with Crippen molar-refractivity contribution in [3.8, 4) is 0 Å². The first kappa shape index (κ1) is 11.1. The van der Waals surface area contributed by atoms with E-state index in [-0.39, 0.29) is 0 Å². The Labute approximate surface area is 83.9 Å². The molecule has 0 aliphatic heterocycles. The van der Waals surface area contributed by atoms with Crippen LogP contribution in [0.3, 0.4) is 0 Å². The van der Waals surface area contributed by atoms with Gasteiger partial charge < -0.3 is 0 Å². The van der Waals surface area contributed by atoms with Crippen LogP contribution >= 0.6 is 0 Å².